The van der Waals surface area contributed by atoms with Crippen LogP contribution in [-0.2, 0) is 0 Å². The van der Waals surface area contributed by atoms with E-state index in [0.717, 1.165) is 12.8 Å². The summed E-state index contributed by atoms with van der Waals surface area (Å²) < 4.78 is 0. The molecule has 0 aliphatic carbocycles. The van der Waals surface area contributed by atoms with Gasteiger partial charge in [0.25, 0.3) is 0 Å². The van der Waals surface area contributed by atoms with E-state index >= 15 is 0 Å². The van der Waals surface area contributed by atoms with Crippen LogP contribution >= 0.6 is 7.94 Å². The molecule has 2 atom stereocenters. The Morgan fingerprint density at radius 1 is 0.923 bits per heavy atom. The normalized spacial score (nSPS) is 20.8. The minimum absolute atomic E-state index is 0.168. The molecule has 0 aromatic carbocycles. The molecule has 0 saturated heterocycles. The van der Waals surface area contributed by atoms with Crippen molar-refractivity contribution in [1.29, 1.82) is 0 Å². The molecular formula is C9H23O3P. The fourth-order valence-corrected chi connectivity index (χ4v) is 3.83. The monoisotopic (exact) mass is 210 g/mol. The van der Waals surface area contributed by atoms with Crippen LogP contribution in [0, 0.1) is 11.8 Å². The van der Waals surface area contributed by atoms with Crippen molar-refractivity contribution >= 4 is 7.94 Å². The molecule has 0 fully saturated rings. The molecule has 0 heterocycles. The van der Waals surface area contributed by atoms with Gasteiger partial charge in [-0.25, -0.2) is 0 Å². The summed E-state index contributed by atoms with van der Waals surface area (Å²) in [4.78, 5) is 28.0. The quantitative estimate of drug-likeness (QED) is 0.607. The van der Waals surface area contributed by atoms with Crippen LogP contribution in [0.15, 0.2) is 0 Å². The Labute approximate surface area is 81.4 Å². The van der Waals surface area contributed by atoms with E-state index in [-0.39, 0.29) is 17.5 Å². The van der Waals surface area contributed by atoms with Gasteiger partial charge in [-0.3, -0.25) is 0 Å². The van der Waals surface area contributed by atoms with Crippen LogP contribution in [0.25, 0.3) is 0 Å². The molecule has 2 unspecified atom stereocenters. The third kappa shape index (κ3) is 3.90. The van der Waals surface area contributed by atoms with E-state index < -0.39 is 7.94 Å². The molecule has 0 spiro atoms. The first kappa shape index (κ1) is 13.3. The van der Waals surface area contributed by atoms with E-state index in [9.17, 15) is 14.7 Å². The van der Waals surface area contributed by atoms with Crippen molar-refractivity contribution in [2.24, 2.45) is 11.8 Å². The standard InChI is InChI=1S/C9H23O3P/c1-5-7(3)9(8(4)6-2)13(10,11)12/h7-13H,5-6H2,1-4H3. The fourth-order valence-electron chi connectivity index (χ4n) is 1.83. The molecule has 0 bridgehead atoms. The second kappa shape index (κ2) is 5.26. The summed E-state index contributed by atoms with van der Waals surface area (Å²) in [6, 6.07) is 0. The Kier molecular flexibility index (Phi) is 5.38. The minimum atomic E-state index is -3.95. The van der Waals surface area contributed by atoms with E-state index in [2.05, 4.69) is 0 Å². The third-order valence-electron chi connectivity index (χ3n) is 2.96. The van der Waals surface area contributed by atoms with Crippen LogP contribution in [0.2, 0.25) is 0 Å². The first-order valence-corrected chi connectivity index (χ1v) is 6.93. The predicted octanol–water partition coefficient (Wildman–Crippen LogP) is 1.92. The van der Waals surface area contributed by atoms with Gasteiger partial charge in [0.15, 0.2) is 0 Å². The predicted molar refractivity (Wildman–Crippen MR) is 57.7 cm³/mol. The average Bonchev–Trinajstić information content (AvgIpc) is 2.01. The molecule has 82 valence electrons. The molecule has 0 aromatic heterocycles. The zero-order valence-electron chi connectivity index (χ0n) is 8.99. The topological polar surface area (TPSA) is 60.7 Å². The summed E-state index contributed by atoms with van der Waals surface area (Å²) >= 11 is 0. The molecule has 0 saturated carbocycles. The first-order chi connectivity index (χ1) is 5.84. The van der Waals surface area contributed by atoms with Crippen molar-refractivity contribution in [2.75, 3.05) is 0 Å². The number of hydrogen-bond donors (Lipinski definition) is 3. The van der Waals surface area contributed by atoms with Gasteiger partial charge in [0.2, 0.25) is 0 Å². The molecule has 0 aliphatic rings. The Balaban J connectivity index is 4.55. The van der Waals surface area contributed by atoms with Gasteiger partial charge < -0.3 is 0 Å². The zero-order valence-corrected chi connectivity index (χ0v) is 9.99. The second-order valence-electron chi connectivity index (χ2n) is 3.98. The molecule has 4 heteroatoms. The van der Waals surface area contributed by atoms with E-state index in [4.69, 9.17) is 0 Å². The summed E-state index contributed by atoms with van der Waals surface area (Å²) in [6.45, 7) is 7.92. The van der Waals surface area contributed by atoms with Gasteiger partial charge >= 0.3 is 80.7 Å². The molecule has 0 rings (SSSR count). The van der Waals surface area contributed by atoms with Gasteiger partial charge in [0.1, 0.15) is 0 Å². The Hall–Kier alpha value is 0.310. The summed E-state index contributed by atoms with van der Waals surface area (Å²) in [5.74, 6) is 0.336. The molecule has 13 heavy (non-hydrogen) atoms. The maximum absolute atomic E-state index is 9.33. The summed E-state index contributed by atoms with van der Waals surface area (Å²) in [6.07, 6.45) is 1.73. The summed E-state index contributed by atoms with van der Waals surface area (Å²) in [5, 5.41) is 0. The average molecular weight is 210 g/mol. The van der Waals surface area contributed by atoms with Gasteiger partial charge in [-0.2, -0.15) is 0 Å². The molecule has 3 nitrogen and oxygen atoms in total. The van der Waals surface area contributed by atoms with Crippen LogP contribution in [0.1, 0.15) is 40.5 Å². The van der Waals surface area contributed by atoms with Crippen molar-refractivity contribution in [3.63, 3.8) is 0 Å². The Morgan fingerprint density at radius 3 is 1.38 bits per heavy atom. The Bertz CT molecular complexity index is 134. The zero-order chi connectivity index (χ0) is 10.6. The van der Waals surface area contributed by atoms with Crippen LogP contribution in [0.3, 0.4) is 0 Å². The van der Waals surface area contributed by atoms with Crippen molar-refractivity contribution in [3.05, 3.63) is 0 Å². The molecule has 0 radical (unpaired) electrons. The van der Waals surface area contributed by atoms with Gasteiger partial charge in [-0.1, -0.05) is 0 Å². The van der Waals surface area contributed by atoms with E-state index in [1.54, 1.807) is 0 Å². The van der Waals surface area contributed by atoms with Gasteiger partial charge in [0.05, 0.1) is 0 Å². The van der Waals surface area contributed by atoms with Gasteiger partial charge in [-0.15, -0.1) is 0 Å². The van der Waals surface area contributed by atoms with Gasteiger partial charge in [-0.05, 0) is 0 Å². The number of rotatable bonds is 5. The van der Waals surface area contributed by atoms with Crippen molar-refractivity contribution in [3.8, 4) is 0 Å². The SMILES string of the molecule is CCC(C)C(C(C)CC)[PH](O)(O)O. The second-order valence-corrected chi connectivity index (χ2v) is 6.03. The van der Waals surface area contributed by atoms with Crippen LogP contribution in [0.4, 0.5) is 0 Å². The van der Waals surface area contributed by atoms with Crippen LogP contribution in [-0.4, -0.2) is 20.3 Å². The van der Waals surface area contributed by atoms with Crippen LogP contribution < -0.4 is 0 Å². The summed E-state index contributed by atoms with van der Waals surface area (Å²) in [5.41, 5.74) is -0.331. The van der Waals surface area contributed by atoms with E-state index in [1.165, 1.54) is 0 Å². The molecule has 3 N–H and O–H groups in total. The van der Waals surface area contributed by atoms with E-state index in [0.29, 0.717) is 0 Å². The third-order valence-corrected chi connectivity index (χ3v) is 4.99. The maximum atomic E-state index is 9.33. The Morgan fingerprint density at radius 2 is 1.23 bits per heavy atom. The van der Waals surface area contributed by atoms with Crippen molar-refractivity contribution in [1.82, 2.24) is 0 Å². The number of hydrogen-bond acceptors (Lipinski definition) is 3. The van der Waals surface area contributed by atoms with Crippen molar-refractivity contribution < 1.29 is 14.7 Å². The summed E-state index contributed by atoms with van der Waals surface area (Å²) in [7, 11) is -3.95. The molecule has 0 amide bonds. The molecular weight excluding hydrogens is 187 g/mol. The van der Waals surface area contributed by atoms with Gasteiger partial charge in [0, 0.05) is 0 Å². The molecule has 0 aromatic rings. The van der Waals surface area contributed by atoms with Crippen LogP contribution in [0.5, 0.6) is 0 Å². The fraction of sp³-hybridized carbons (Fsp3) is 1.00. The first-order valence-electron chi connectivity index (χ1n) is 5.01. The van der Waals surface area contributed by atoms with Crippen molar-refractivity contribution in [2.45, 2.75) is 46.2 Å². The van der Waals surface area contributed by atoms with E-state index in [1.807, 2.05) is 27.7 Å². The molecule has 0 aliphatic heterocycles.